The number of carbonyl (C=O) groups excluding carboxylic acids is 1. The van der Waals surface area contributed by atoms with Gasteiger partial charge in [0, 0.05) is 13.1 Å². The summed E-state index contributed by atoms with van der Waals surface area (Å²) in [7, 11) is 1.38. The first-order chi connectivity index (χ1) is 9.52. The molecule has 1 aliphatic heterocycles. The van der Waals surface area contributed by atoms with Crippen LogP contribution in [0.25, 0.3) is 0 Å². The number of alkyl halides is 1. The number of esters is 1. The van der Waals surface area contributed by atoms with Crippen molar-refractivity contribution in [2.75, 3.05) is 26.8 Å². The van der Waals surface area contributed by atoms with Gasteiger partial charge in [-0.25, -0.2) is 4.39 Å². The Bertz CT molecular complexity index is 474. The van der Waals surface area contributed by atoms with E-state index in [0.29, 0.717) is 25.3 Å². The van der Waals surface area contributed by atoms with Crippen LogP contribution in [0.15, 0.2) is 24.3 Å². The molecular weight excluding hydrogens is 261 g/mol. The SMILES string of the molecule is COC(=O)C(C)Cc1cccc(OCC2(F)CNC2)c1. The molecule has 0 radical (unpaired) electrons. The van der Waals surface area contributed by atoms with E-state index in [9.17, 15) is 9.18 Å². The fourth-order valence-corrected chi connectivity index (χ4v) is 2.11. The van der Waals surface area contributed by atoms with Gasteiger partial charge in [-0.2, -0.15) is 0 Å². The summed E-state index contributed by atoms with van der Waals surface area (Å²) in [5.74, 6) is 0.182. The van der Waals surface area contributed by atoms with Crippen molar-refractivity contribution in [3.63, 3.8) is 0 Å². The molecule has 2 rings (SSSR count). The largest absolute Gasteiger partial charge is 0.490 e. The molecule has 0 aliphatic carbocycles. The van der Waals surface area contributed by atoms with Gasteiger partial charge in [0.25, 0.3) is 0 Å². The number of methoxy groups -OCH3 is 1. The standard InChI is InChI=1S/C15H20FNO3/c1-11(14(18)19-2)6-12-4-3-5-13(7-12)20-10-15(16)8-17-9-15/h3-5,7,11,17H,6,8-10H2,1-2H3. The Morgan fingerprint density at radius 1 is 1.50 bits per heavy atom. The van der Waals surface area contributed by atoms with Gasteiger partial charge in [0.2, 0.25) is 0 Å². The van der Waals surface area contributed by atoms with Crippen molar-refractivity contribution in [2.45, 2.75) is 19.0 Å². The van der Waals surface area contributed by atoms with Gasteiger partial charge in [-0.3, -0.25) is 4.79 Å². The van der Waals surface area contributed by atoms with Gasteiger partial charge in [0.1, 0.15) is 12.4 Å². The van der Waals surface area contributed by atoms with Crippen molar-refractivity contribution in [2.24, 2.45) is 5.92 Å². The molecule has 1 unspecified atom stereocenters. The van der Waals surface area contributed by atoms with E-state index in [-0.39, 0.29) is 18.5 Å². The van der Waals surface area contributed by atoms with Gasteiger partial charge in [-0.1, -0.05) is 19.1 Å². The van der Waals surface area contributed by atoms with E-state index < -0.39 is 5.67 Å². The summed E-state index contributed by atoms with van der Waals surface area (Å²) in [4.78, 5) is 11.4. The zero-order valence-electron chi connectivity index (χ0n) is 11.8. The maximum Gasteiger partial charge on any atom is 0.308 e. The minimum Gasteiger partial charge on any atom is -0.490 e. The number of benzene rings is 1. The predicted octanol–water partition coefficient (Wildman–Crippen LogP) is 1.73. The first-order valence-corrected chi connectivity index (χ1v) is 6.72. The number of rotatable bonds is 6. The van der Waals surface area contributed by atoms with E-state index in [1.807, 2.05) is 25.1 Å². The summed E-state index contributed by atoms with van der Waals surface area (Å²) in [6.45, 7) is 2.55. The highest BCUT2D eigenvalue weighted by molar-refractivity contribution is 5.72. The van der Waals surface area contributed by atoms with Crippen LogP contribution in [0, 0.1) is 5.92 Å². The van der Waals surface area contributed by atoms with Crippen LogP contribution in [-0.2, 0) is 16.0 Å². The molecule has 5 heteroatoms. The number of ether oxygens (including phenoxy) is 2. The van der Waals surface area contributed by atoms with Crippen molar-refractivity contribution in [1.29, 1.82) is 0 Å². The van der Waals surface area contributed by atoms with Gasteiger partial charge < -0.3 is 14.8 Å². The quantitative estimate of drug-likeness (QED) is 0.807. The third-order valence-corrected chi connectivity index (χ3v) is 3.43. The lowest BCUT2D eigenvalue weighted by Gasteiger charge is -2.34. The fourth-order valence-electron chi connectivity index (χ4n) is 2.11. The molecule has 1 aromatic carbocycles. The summed E-state index contributed by atoms with van der Waals surface area (Å²) in [5.41, 5.74) is -0.282. The molecule has 0 aromatic heterocycles. The minimum atomic E-state index is -1.25. The average molecular weight is 281 g/mol. The summed E-state index contributed by atoms with van der Waals surface area (Å²) >= 11 is 0. The lowest BCUT2D eigenvalue weighted by atomic mass is 10.0. The van der Waals surface area contributed by atoms with Gasteiger partial charge in [0.15, 0.2) is 5.67 Å². The van der Waals surface area contributed by atoms with E-state index in [1.54, 1.807) is 6.07 Å². The second-order valence-corrected chi connectivity index (χ2v) is 5.32. The van der Waals surface area contributed by atoms with Crippen molar-refractivity contribution in [3.05, 3.63) is 29.8 Å². The summed E-state index contributed by atoms with van der Waals surface area (Å²) in [5, 5.41) is 2.89. The van der Waals surface area contributed by atoms with Crippen LogP contribution in [0.1, 0.15) is 12.5 Å². The molecule has 0 spiro atoms. The minimum absolute atomic E-state index is 0.0516. The van der Waals surface area contributed by atoms with Gasteiger partial charge in [-0.05, 0) is 24.1 Å². The fraction of sp³-hybridized carbons (Fsp3) is 0.533. The van der Waals surface area contributed by atoms with E-state index in [4.69, 9.17) is 9.47 Å². The number of hydrogen-bond donors (Lipinski definition) is 1. The predicted molar refractivity (Wildman–Crippen MR) is 73.5 cm³/mol. The van der Waals surface area contributed by atoms with Crippen LogP contribution in [0.4, 0.5) is 4.39 Å². The molecule has 1 fully saturated rings. The van der Waals surface area contributed by atoms with Crippen molar-refractivity contribution < 1.29 is 18.7 Å². The highest BCUT2D eigenvalue weighted by Gasteiger charge is 2.37. The third kappa shape index (κ3) is 3.70. The average Bonchev–Trinajstić information content (AvgIpc) is 2.42. The Morgan fingerprint density at radius 2 is 2.25 bits per heavy atom. The summed E-state index contributed by atoms with van der Waals surface area (Å²) in [6, 6.07) is 7.40. The monoisotopic (exact) mass is 281 g/mol. The highest BCUT2D eigenvalue weighted by Crippen LogP contribution is 2.21. The summed E-state index contributed by atoms with van der Waals surface area (Å²) < 4.78 is 24.0. The molecule has 1 atom stereocenters. The van der Waals surface area contributed by atoms with Crippen LogP contribution in [-0.4, -0.2) is 38.4 Å². The van der Waals surface area contributed by atoms with Crippen molar-refractivity contribution in [1.82, 2.24) is 5.32 Å². The first-order valence-electron chi connectivity index (χ1n) is 6.72. The molecule has 1 aromatic rings. The van der Waals surface area contributed by atoms with E-state index >= 15 is 0 Å². The molecule has 0 amide bonds. The maximum absolute atomic E-state index is 13.8. The molecule has 0 bridgehead atoms. The van der Waals surface area contributed by atoms with Crippen LogP contribution >= 0.6 is 0 Å². The lowest BCUT2D eigenvalue weighted by Crippen LogP contribution is -2.59. The highest BCUT2D eigenvalue weighted by atomic mass is 19.1. The normalized spacial score (nSPS) is 17.9. The molecule has 4 nitrogen and oxygen atoms in total. The third-order valence-electron chi connectivity index (χ3n) is 3.43. The second kappa shape index (κ2) is 6.22. The van der Waals surface area contributed by atoms with Crippen LogP contribution in [0.3, 0.4) is 0 Å². The molecule has 1 N–H and O–H groups in total. The van der Waals surface area contributed by atoms with Gasteiger partial charge in [0.05, 0.1) is 13.0 Å². The molecule has 1 saturated heterocycles. The number of hydrogen-bond acceptors (Lipinski definition) is 4. The molecule has 20 heavy (non-hydrogen) atoms. The van der Waals surface area contributed by atoms with Crippen LogP contribution < -0.4 is 10.1 Å². The lowest BCUT2D eigenvalue weighted by molar-refractivity contribution is -0.144. The van der Waals surface area contributed by atoms with Gasteiger partial charge in [-0.15, -0.1) is 0 Å². The molecule has 1 aliphatic rings. The number of nitrogens with one attached hydrogen (secondary N) is 1. The Balaban J connectivity index is 1.91. The Morgan fingerprint density at radius 3 is 2.85 bits per heavy atom. The van der Waals surface area contributed by atoms with Gasteiger partial charge >= 0.3 is 5.97 Å². The van der Waals surface area contributed by atoms with Crippen LogP contribution in [0.5, 0.6) is 5.75 Å². The zero-order chi connectivity index (χ0) is 14.6. The number of halogens is 1. The van der Waals surface area contributed by atoms with E-state index in [0.717, 1.165) is 5.56 Å². The molecular formula is C15H20FNO3. The van der Waals surface area contributed by atoms with Crippen LogP contribution in [0.2, 0.25) is 0 Å². The molecule has 1 heterocycles. The van der Waals surface area contributed by atoms with E-state index in [1.165, 1.54) is 7.11 Å². The smallest absolute Gasteiger partial charge is 0.308 e. The van der Waals surface area contributed by atoms with Crippen molar-refractivity contribution in [3.8, 4) is 5.75 Å². The molecule has 110 valence electrons. The topological polar surface area (TPSA) is 47.6 Å². The molecule has 0 saturated carbocycles. The Labute approximate surface area is 118 Å². The van der Waals surface area contributed by atoms with E-state index in [2.05, 4.69) is 5.32 Å². The first kappa shape index (κ1) is 14.8. The summed E-state index contributed by atoms with van der Waals surface area (Å²) in [6.07, 6.45) is 0.576. The Hall–Kier alpha value is -1.62. The zero-order valence-corrected chi connectivity index (χ0v) is 11.8. The second-order valence-electron chi connectivity index (χ2n) is 5.32. The van der Waals surface area contributed by atoms with Crippen molar-refractivity contribution >= 4 is 5.97 Å². The maximum atomic E-state index is 13.8. The Kier molecular flexibility index (Phi) is 4.60. The number of carbonyl (C=O) groups is 1.